The predicted octanol–water partition coefficient (Wildman–Crippen LogP) is 0.361. The van der Waals surface area contributed by atoms with Gasteiger partial charge in [0.2, 0.25) is 0 Å². The maximum absolute atomic E-state index is 5.59. The number of hydrogen-bond acceptors (Lipinski definition) is 3. The molecule has 0 bridgehead atoms. The van der Waals surface area contributed by atoms with E-state index in [0.717, 1.165) is 5.56 Å². The summed E-state index contributed by atoms with van der Waals surface area (Å²) in [7, 11) is 1.48. The largest absolute Gasteiger partial charge is 0.347 e. The molecule has 0 atom stereocenters. The van der Waals surface area contributed by atoms with Crippen LogP contribution in [0, 0.1) is 0 Å². The first-order valence-corrected chi connectivity index (χ1v) is 3.35. The highest BCUT2D eigenvalue weighted by atomic mass is 16.5. The molecule has 0 amide bonds. The quantitative estimate of drug-likeness (QED) is 0.601. The minimum Gasteiger partial charge on any atom is -0.347 e. The fourth-order valence-electron chi connectivity index (χ4n) is 0.816. The van der Waals surface area contributed by atoms with E-state index >= 15 is 0 Å². The summed E-state index contributed by atoms with van der Waals surface area (Å²) in [5, 5.41) is 0. The Labute approximate surface area is 66.0 Å². The number of ether oxygens (including phenoxy) is 1. The number of hydrogen-bond donors (Lipinski definition) is 2. The number of rotatable bonds is 2. The van der Waals surface area contributed by atoms with Crippen LogP contribution in [0.5, 0.6) is 0 Å². The third-order valence-corrected chi connectivity index (χ3v) is 1.56. The molecule has 0 aromatic heterocycles. The molecular weight excluding hydrogens is 140 g/mol. The monoisotopic (exact) mass is 152 g/mol. The van der Waals surface area contributed by atoms with Gasteiger partial charge >= 0.3 is 0 Å². The molecule has 0 aliphatic carbocycles. The van der Waals surface area contributed by atoms with Crippen molar-refractivity contribution in [3.8, 4) is 0 Å². The lowest BCUT2D eigenvalue weighted by atomic mass is 10.1. The molecule has 0 aliphatic heterocycles. The van der Waals surface area contributed by atoms with E-state index in [-0.39, 0.29) is 0 Å². The summed E-state index contributed by atoms with van der Waals surface area (Å²) < 4.78 is 4.88. The van der Waals surface area contributed by atoms with Crippen molar-refractivity contribution in [1.29, 1.82) is 0 Å². The summed E-state index contributed by atoms with van der Waals surface area (Å²) in [4.78, 5) is 0. The van der Waals surface area contributed by atoms with E-state index in [1.165, 1.54) is 7.11 Å². The fraction of sp³-hybridized carbons (Fsp3) is 0.250. The molecule has 0 fully saturated rings. The Morgan fingerprint density at radius 3 is 2.18 bits per heavy atom. The highest BCUT2D eigenvalue weighted by molar-refractivity contribution is 5.19. The highest BCUT2D eigenvalue weighted by Gasteiger charge is 2.19. The molecule has 1 aromatic carbocycles. The first-order chi connectivity index (χ1) is 5.17. The normalized spacial score (nSPS) is 11.5. The Hall–Kier alpha value is -0.900. The van der Waals surface area contributed by atoms with Crippen LogP contribution in [-0.4, -0.2) is 7.11 Å². The first kappa shape index (κ1) is 8.20. The van der Waals surface area contributed by atoms with Crippen molar-refractivity contribution < 1.29 is 4.74 Å². The van der Waals surface area contributed by atoms with Crippen molar-refractivity contribution in [2.75, 3.05) is 7.11 Å². The van der Waals surface area contributed by atoms with Crippen LogP contribution in [0.2, 0.25) is 0 Å². The Morgan fingerprint density at radius 1 is 1.18 bits per heavy atom. The number of benzene rings is 1. The second-order valence-corrected chi connectivity index (χ2v) is 2.36. The van der Waals surface area contributed by atoms with E-state index in [1.807, 2.05) is 30.3 Å². The van der Waals surface area contributed by atoms with Gasteiger partial charge in [-0.1, -0.05) is 30.3 Å². The lowest BCUT2D eigenvalue weighted by Gasteiger charge is -2.22. The van der Waals surface area contributed by atoms with Crippen LogP contribution in [0.3, 0.4) is 0 Å². The number of nitrogens with two attached hydrogens (primary N) is 2. The van der Waals surface area contributed by atoms with Crippen LogP contribution in [0.1, 0.15) is 5.56 Å². The summed E-state index contributed by atoms with van der Waals surface area (Å²) >= 11 is 0. The average molecular weight is 152 g/mol. The summed E-state index contributed by atoms with van der Waals surface area (Å²) in [6.45, 7) is 0. The standard InChI is InChI=1S/C8H12N2O/c1-11-8(9,10)7-5-3-2-4-6-7/h2-6H,9-10H2,1H3. The Balaban J connectivity index is 2.93. The van der Waals surface area contributed by atoms with Gasteiger partial charge in [0, 0.05) is 12.7 Å². The third kappa shape index (κ3) is 1.77. The van der Waals surface area contributed by atoms with Crippen molar-refractivity contribution in [2.45, 2.75) is 5.85 Å². The predicted molar refractivity (Wildman–Crippen MR) is 43.5 cm³/mol. The molecule has 0 heterocycles. The lowest BCUT2D eigenvalue weighted by Crippen LogP contribution is -2.47. The van der Waals surface area contributed by atoms with Gasteiger partial charge in [-0.15, -0.1) is 0 Å². The van der Waals surface area contributed by atoms with Crippen LogP contribution >= 0.6 is 0 Å². The lowest BCUT2D eigenvalue weighted by molar-refractivity contribution is -0.00387. The molecule has 0 radical (unpaired) electrons. The van der Waals surface area contributed by atoms with Crippen LogP contribution in [-0.2, 0) is 10.6 Å². The first-order valence-electron chi connectivity index (χ1n) is 3.35. The van der Waals surface area contributed by atoms with Crippen molar-refractivity contribution in [1.82, 2.24) is 0 Å². The average Bonchev–Trinajstić information content (AvgIpc) is 2.06. The SMILES string of the molecule is COC(N)(N)c1ccccc1. The second-order valence-electron chi connectivity index (χ2n) is 2.36. The number of methoxy groups -OCH3 is 1. The van der Waals surface area contributed by atoms with E-state index in [9.17, 15) is 0 Å². The Morgan fingerprint density at radius 2 is 1.73 bits per heavy atom. The van der Waals surface area contributed by atoms with E-state index in [0.29, 0.717) is 0 Å². The van der Waals surface area contributed by atoms with Gasteiger partial charge in [-0.2, -0.15) is 0 Å². The molecule has 4 N–H and O–H groups in total. The van der Waals surface area contributed by atoms with E-state index in [2.05, 4.69) is 0 Å². The van der Waals surface area contributed by atoms with Crippen LogP contribution < -0.4 is 11.5 Å². The Bertz CT molecular complexity index is 221. The van der Waals surface area contributed by atoms with Crippen molar-refractivity contribution in [2.24, 2.45) is 11.5 Å². The molecule has 11 heavy (non-hydrogen) atoms. The summed E-state index contributed by atoms with van der Waals surface area (Å²) in [6, 6.07) is 9.27. The minimum atomic E-state index is -1.17. The third-order valence-electron chi connectivity index (χ3n) is 1.56. The van der Waals surface area contributed by atoms with Gasteiger partial charge in [-0.25, -0.2) is 0 Å². The Kier molecular flexibility index (Phi) is 2.24. The highest BCUT2D eigenvalue weighted by Crippen LogP contribution is 2.11. The summed E-state index contributed by atoms with van der Waals surface area (Å²) in [5.41, 5.74) is 12.0. The van der Waals surface area contributed by atoms with Crippen molar-refractivity contribution >= 4 is 0 Å². The molecule has 60 valence electrons. The van der Waals surface area contributed by atoms with Crippen molar-refractivity contribution in [3.63, 3.8) is 0 Å². The minimum absolute atomic E-state index is 0.766. The van der Waals surface area contributed by atoms with E-state index in [4.69, 9.17) is 16.2 Å². The van der Waals surface area contributed by atoms with Crippen LogP contribution in [0.15, 0.2) is 30.3 Å². The van der Waals surface area contributed by atoms with Gasteiger partial charge in [-0.05, 0) is 0 Å². The molecule has 0 unspecified atom stereocenters. The van der Waals surface area contributed by atoms with Gasteiger partial charge in [0.1, 0.15) is 0 Å². The fourth-order valence-corrected chi connectivity index (χ4v) is 0.816. The van der Waals surface area contributed by atoms with Crippen LogP contribution in [0.4, 0.5) is 0 Å². The van der Waals surface area contributed by atoms with E-state index in [1.54, 1.807) is 0 Å². The molecule has 0 spiro atoms. The topological polar surface area (TPSA) is 61.3 Å². The van der Waals surface area contributed by atoms with Crippen molar-refractivity contribution in [3.05, 3.63) is 35.9 Å². The smallest absolute Gasteiger partial charge is 0.196 e. The molecule has 3 nitrogen and oxygen atoms in total. The summed E-state index contributed by atoms with van der Waals surface area (Å²) in [6.07, 6.45) is 0. The molecule has 0 saturated heterocycles. The molecule has 1 rings (SSSR count). The maximum atomic E-state index is 5.59. The van der Waals surface area contributed by atoms with Gasteiger partial charge in [0.15, 0.2) is 5.85 Å². The van der Waals surface area contributed by atoms with E-state index < -0.39 is 5.85 Å². The van der Waals surface area contributed by atoms with Gasteiger partial charge in [0.25, 0.3) is 0 Å². The van der Waals surface area contributed by atoms with Gasteiger partial charge < -0.3 is 4.74 Å². The zero-order valence-corrected chi connectivity index (χ0v) is 6.45. The molecule has 0 saturated carbocycles. The zero-order valence-electron chi connectivity index (χ0n) is 6.45. The second kappa shape index (κ2) is 3.00. The van der Waals surface area contributed by atoms with Crippen LogP contribution in [0.25, 0.3) is 0 Å². The molecule has 0 aliphatic rings. The van der Waals surface area contributed by atoms with Gasteiger partial charge in [0.05, 0.1) is 0 Å². The molecule has 3 heteroatoms. The summed E-state index contributed by atoms with van der Waals surface area (Å²) in [5.74, 6) is -1.17. The van der Waals surface area contributed by atoms with Gasteiger partial charge in [-0.3, -0.25) is 11.5 Å². The molecule has 1 aromatic rings. The molecular formula is C8H12N2O. The zero-order chi connectivity index (χ0) is 8.32. The maximum Gasteiger partial charge on any atom is 0.196 e.